The number of H-pyrrole nitrogens is 1. The first-order valence-electron chi connectivity index (χ1n) is 3.34. The average molecular weight is 237 g/mol. The number of hydrogen-bond donors (Lipinski definition) is 1. The fourth-order valence-electron chi connectivity index (χ4n) is 0.630. The Morgan fingerprint density at radius 3 is 2.85 bits per heavy atom. The molecule has 1 N–H and O–H groups in total. The third kappa shape index (κ3) is 2.69. The summed E-state index contributed by atoms with van der Waals surface area (Å²) < 4.78 is 5.05. The van der Waals surface area contributed by atoms with Crippen molar-refractivity contribution in [2.45, 2.75) is 0 Å². The third-order valence-corrected chi connectivity index (χ3v) is 2.10. The fourth-order valence-corrected chi connectivity index (χ4v) is 1.06. The summed E-state index contributed by atoms with van der Waals surface area (Å²) in [6.07, 6.45) is 1.58. The van der Waals surface area contributed by atoms with Crippen molar-refractivity contribution < 1.29 is 4.74 Å². The molecule has 1 rings (SSSR count). The molecule has 0 radical (unpaired) electrons. The van der Waals surface area contributed by atoms with E-state index < -0.39 is 0 Å². The number of nitrogens with zero attached hydrogens (tertiary/aromatic N) is 1. The number of imidazole rings is 1. The second-order valence-electron chi connectivity index (χ2n) is 2.08. The zero-order chi connectivity index (χ0) is 9.84. The lowest BCUT2D eigenvalue weighted by molar-refractivity contribution is 0.359. The Morgan fingerprint density at radius 1 is 1.69 bits per heavy atom. The van der Waals surface area contributed by atoms with E-state index in [4.69, 9.17) is 40.2 Å². The molecule has 6 heteroatoms. The van der Waals surface area contributed by atoms with Gasteiger partial charge in [0.15, 0.2) is 11.0 Å². The van der Waals surface area contributed by atoms with Gasteiger partial charge in [-0.3, -0.25) is 0 Å². The van der Waals surface area contributed by atoms with Gasteiger partial charge in [0.25, 0.3) is 0 Å². The van der Waals surface area contributed by atoms with Gasteiger partial charge in [-0.15, -0.1) is 0 Å². The van der Waals surface area contributed by atoms with E-state index in [1.54, 1.807) is 6.08 Å². The van der Waals surface area contributed by atoms with Gasteiger partial charge >= 0.3 is 0 Å². The highest BCUT2D eigenvalue weighted by molar-refractivity contribution is 7.80. The Hall–Kier alpha value is -0.580. The smallest absolute Gasteiger partial charge is 0.228 e. The zero-order valence-corrected chi connectivity index (χ0v) is 8.84. The van der Waals surface area contributed by atoms with Crippen LogP contribution in [0.2, 0.25) is 10.3 Å². The normalized spacial score (nSPS) is 9.69. The van der Waals surface area contributed by atoms with Crippen LogP contribution in [0.3, 0.4) is 0 Å². The largest absolute Gasteiger partial charge is 0.477 e. The highest BCUT2D eigenvalue weighted by Gasteiger charge is 2.10. The van der Waals surface area contributed by atoms with Crippen molar-refractivity contribution in [3.63, 3.8) is 0 Å². The van der Waals surface area contributed by atoms with Crippen LogP contribution in [0.25, 0.3) is 0 Å². The van der Waals surface area contributed by atoms with Crippen molar-refractivity contribution in [2.24, 2.45) is 0 Å². The molecule has 0 amide bonds. The van der Waals surface area contributed by atoms with Crippen LogP contribution in [0.5, 0.6) is 0 Å². The summed E-state index contributed by atoms with van der Waals surface area (Å²) in [6, 6.07) is 0. The number of aromatic nitrogens is 2. The molecule has 70 valence electrons. The molecule has 1 aromatic rings. The molecular formula is C7H6Cl2N2OS. The minimum Gasteiger partial charge on any atom is -0.477 e. The van der Waals surface area contributed by atoms with E-state index in [1.165, 1.54) is 0 Å². The molecule has 0 saturated carbocycles. The Balaban J connectivity index is 2.71. The fraction of sp³-hybridized carbons (Fsp3) is 0.143. The SMILES string of the molecule is C=CCOC(=S)c1nc(Cl)c(Cl)[nH]1. The van der Waals surface area contributed by atoms with Gasteiger partial charge in [0.05, 0.1) is 0 Å². The van der Waals surface area contributed by atoms with E-state index in [-0.39, 0.29) is 15.4 Å². The van der Waals surface area contributed by atoms with Crippen molar-refractivity contribution in [1.82, 2.24) is 9.97 Å². The van der Waals surface area contributed by atoms with Gasteiger partial charge in [0, 0.05) is 0 Å². The van der Waals surface area contributed by atoms with Crippen molar-refractivity contribution in [2.75, 3.05) is 6.61 Å². The number of halogens is 2. The lowest BCUT2D eigenvalue weighted by atomic mass is 10.6. The van der Waals surface area contributed by atoms with Gasteiger partial charge in [-0.25, -0.2) is 4.98 Å². The van der Waals surface area contributed by atoms with Crippen LogP contribution in [0.1, 0.15) is 5.82 Å². The highest BCUT2D eigenvalue weighted by atomic mass is 35.5. The molecular weight excluding hydrogens is 231 g/mol. The molecule has 13 heavy (non-hydrogen) atoms. The number of ether oxygens (including phenoxy) is 1. The molecule has 0 aliphatic carbocycles. The molecule has 1 aromatic heterocycles. The maximum atomic E-state index is 5.62. The Morgan fingerprint density at radius 2 is 2.38 bits per heavy atom. The van der Waals surface area contributed by atoms with Crippen LogP contribution in [-0.2, 0) is 4.74 Å². The van der Waals surface area contributed by atoms with E-state index >= 15 is 0 Å². The first-order valence-corrected chi connectivity index (χ1v) is 4.50. The van der Waals surface area contributed by atoms with E-state index in [2.05, 4.69) is 16.5 Å². The van der Waals surface area contributed by atoms with E-state index in [1.807, 2.05) is 0 Å². The molecule has 3 nitrogen and oxygen atoms in total. The Labute approximate surface area is 90.7 Å². The van der Waals surface area contributed by atoms with Crippen molar-refractivity contribution in [3.8, 4) is 0 Å². The van der Waals surface area contributed by atoms with Crippen molar-refractivity contribution in [1.29, 1.82) is 0 Å². The van der Waals surface area contributed by atoms with Gasteiger partial charge in [-0.2, -0.15) is 0 Å². The van der Waals surface area contributed by atoms with E-state index in [9.17, 15) is 0 Å². The Kier molecular flexibility index (Phi) is 3.71. The molecule has 1 heterocycles. The molecule has 0 atom stereocenters. The van der Waals surface area contributed by atoms with Crippen molar-refractivity contribution in [3.05, 3.63) is 28.8 Å². The summed E-state index contributed by atoms with van der Waals surface area (Å²) in [5.41, 5.74) is 0. The van der Waals surface area contributed by atoms with Gasteiger partial charge in [-0.1, -0.05) is 35.9 Å². The van der Waals surface area contributed by atoms with E-state index in [0.717, 1.165) is 0 Å². The van der Waals surface area contributed by atoms with Crippen LogP contribution in [0.15, 0.2) is 12.7 Å². The lowest BCUT2D eigenvalue weighted by Crippen LogP contribution is -2.05. The number of thiocarbonyl (C=S) groups is 1. The summed E-state index contributed by atoms with van der Waals surface area (Å²) in [4.78, 5) is 6.52. The summed E-state index contributed by atoms with van der Waals surface area (Å²) in [5.74, 6) is 0.354. The number of aromatic amines is 1. The maximum Gasteiger partial charge on any atom is 0.228 e. The monoisotopic (exact) mass is 236 g/mol. The zero-order valence-electron chi connectivity index (χ0n) is 6.51. The average Bonchev–Trinajstić information content (AvgIpc) is 2.43. The molecule has 0 unspecified atom stereocenters. The molecule has 0 spiro atoms. The summed E-state index contributed by atoms with van der Waals surface area (Å²) in [5, 5.41) is 0.649. The predicted octanol–water partition coefficient (Wildman–Crippen LogP) is 2.59. The predicted molar refractivity (Wildman–Crippen MR) is 56.5 cm³/mol. The molecule has 0 aliphatic rings. The van der Waals surface area contributed by atoms with Gasteiger partial charge in [0.2, 0.25) is 5.05 Å². The molecule has 0 aromatic carbocycles. The molecule has 0 aliphatic heterocycles. The van der Waals surface area contributed by atoms with E-state index in [0.29, 0.717) is 12.4 Å². The minimum atomic E-state index is 0.182. The summed E-state index contributed by atoms with van der Waals surface area (Å²) >= 11 is 16.1. The third-order valence-electron chi connectivity index (χ3n) is 1.14. The minimum absolute atomic E-state index is 0.182. The Bertz CT molecular complexity index is 318. The van der Waals surface area contributed by atoms with Crippen molar-refractivity contribution >= 4 is 40.5 Å². The number of rotatable bonds is 3. The van der Waals surface area contributed by atoms with Crippen LogP contribution < -0.4 is 0 Å². The second kappa shape index (κ2) is 4.60. The quantitative estimate of drug-likeness (QED) is 0.648. The molecule has 0 bridgehead atoms. The van der Waals surface area contributed by atoms with Crippen LogP contribution in [0, 0.1) is 0 Å². The van der Waals surface area contributed by atoms with Crippen LogP contribution in [-0.4, -0.2) is 21.6 Å². The number of hydrogen-bond acceptors (Lipinski definition) is 3. The first-order chi connectivity index (χ1) is 6.15. The second-order valence-corrected chi connectivity index (χ2v) is 3.18. The molecule has 0 fully saturated rings. The summed E-state index contributed by atoms with van der Waals surface area (Å²) in [7, 11) is 0. The lowest BCUT2D eigenvalue weighted by Gasteiger charge is -1.99. The first kappa shape index (κ1) is 10.5. The van der Waals surface area contributed by atoms with Gasteiger partial charge < -0.3 is 9.72 Å². The number of nitrogens with one attached hydrogen (secondary N) is 1. The topological polar surface area (TPSA) is 37.9 Å². The van der Waals surface area contributed by atoms with Crippen LogP contribution in [0.4, 0.5) is 0 Å². The molecule has 0 saturated heterocycles. The standard InChI is InChI=1S/C7H6Cl2N2OS/c1-2-3-12-7(13)6-10-4(8)5(9)11-6/h2H,1,3H2,(H,10,11). The summed E-state index contributed by atoms with van der Waals surface area (Å²) in [6.45, 7) is 3.81. The van der Waals surface area contributed by atoms with Gasteiger partial charge in [-0.05, 0) is 12.2 Å². The maximum absolute atomic E-state index is 5.62. The highest BCUT2D eigenvalue weighted by Crippen LogP contribution is 2.18. The van der Waals surface area contributed by atoms with Crippen LogP contribution >= 0.6 is 35.4 Å². The van der Waals surface area contributed by atoms with Gasteiger partial charge in [0.1, 0.15) is 11.8 Å².